The number of hydrogen-bond donors (Lipinski definition) is 3. The van der Waals surface area contributed by atoms with Gasteiger partial charge in [0.05, 0.1) is 18.8 Å². The van der Waals surface area contributed by atoms with Crippen LogP contribution < -0.4 is 10.6 Å². The molecule has 0 spiro atoms. The summed E-state index contributed by atoms with van der Waals surface area (Å²) in [5.41, 5.74) is 1.37. The highest BCUT2D eigenvalue weighted by Crippen LogP contribution is 2.41. The smallest absolute Gasteiger partial charge is 0.191 e. The number of nitrogens with one attached hydrogen (secondary N) is 2. The first-order chi connectivity index (χ1) is 14.1. The second kappa shape index (κ2) is 12.8. The lowest BCUT2D eigenvalue weighted by atomic mass is 9.83. The van der Waals surface area contributed by atoms with Gasteiger partial charge in [0, 0.05) is 33.4 Å². The summed E-state index contributed by atoms with van der Waals surface area (Å²) in [7, 11) is 1.76. The standard InChI is InChI=1S/C23H39N3O3/c1-4-24-22(26-18-23(14-15-28-3)12-8-9-13-23)25-16-21(27)17-29-19(2)20-10-6-5-7-11-20/h5-7,10-11,19,21,27H,4,8-9,12-18H2,1-3H3,(H2,24,25,26). The Morgan fingerprint density at radius 3 is 2.59 bits per heavy atom. The second-order valence-electron chi connectivity index (χ2n) is 8.07. The van der Waals surface area contributed by atoms with E-state index in [-0.39, 0.29) is 18.1 Å². The number of aliphatic hydroxyl groups excluding tert-OH is 1. The van der Waals surface area contributed by atoms with Crippen LogP contribution in [0.1, 0.15) is 57.6 Å². The van der Waals surface area contributed by atoms with Crippen molar-refractivity contribution in [3.05, 3.63) is 35.9 Å². The largest absolute Gasteiger partial charge is 0.389 e. The lowest BCUT2D eigenvalue weighted by Crippen LogP contribution is -2.43. The Hall–Kier alpha value is -1.63. The Balaban J connectivity index is 1.80. The van der Waals surface area contributed by atoms with Gasteiger partial charge in [0.15, 0.2) is 5.96 Å². The molecule has 1 fully saturated rings. The number of ether oxygens (including phenoxy) is 2. The van der Waals surface area contributed by atoms with Gasteiger partial charge in [-0.05, 0) is 44.1 Å². The molecule has 1 aliphatic carbocycles. The maximum Gasteiger partial charge on any atom is 0.191 e. The average Bonchev–Trinajstić information content (AvgIpc) is 3.22. The van der Waals surface area contributed by atoms with Crippen molar-refractivity contribution in [3.63, 3.8) is 0 Å². The molecular formula is C23H39N3O3. The Labute approximate surface area is 176 Å². The molecule has 0 bridgehead atoms. The Morgan fingerprint density at radius 1 is 1.21 bits per heavy atom. The van der Waals surface area contributed by atoms with Crippen molar-refractivity contribution in [2.45, 2.75) is 58.2 Å². The molecule has 2 atom stereocenters. The highest BCUT2D eigenvalue weighted by atomic mass is 16.5. The van der Waals surface area contributed by atoms with Crippen molar-refractivity contribution in [1.82, 2.24) is 10.6 Å². The van der Waals surface area contributed by atoms with Gasteiger partial charge >= 0.3 is 0 Å². The van der Waals surface area contributed by atoms with Crippen molar-refractivity contribution in [1.29, 1.82) is 0 Å². The quantitative estimate of drug-likeness (QED) is 0.368. The molecule has 1 aliphatic rings. The topological polar surface area (TPSA) is 75.1 Å². The summed E-state index contributed by atoms with van der Waals surface area (Å²) < 4.78 is 11.1. The molecule has 0 saturated heterocycles. The molecule has 6 heteroatoms. The minimum absolute atomic E-state index is 0.0456. The van der Waals surface area contributed by atoms with Crippen LogP contribution >= 0.6 is 0 Å². The Kier molecular flexibility index (Phi) is 10.5. The molecular weight excluding hydrogens is 366 g/mol. The van der Waals surface area contributed by atoms with Crippen LogP contribution in [0.25, 0.3) is 0 Å². The number of guanidine groups is 1. The minimum atomic E-state index is -0.598. The first-order valence-corrected chi connectivity index (χ1v) is 10.9. The number of methoxy groups -OCH3 is 1. The predicted octanol–water partition coefficient (Wildman–Crippen LogP) is 3.28. The van der Waals surface area contributed by atoms with Crippen LogP contribution in [0.15, 0.2) is 35.3 Å². The molecule has 0 heterocycles. The van der Waals surface area contributed by atoms with Gasteiger partial charge in [-0.2, -0.15) is 0 Å². The first-order valence-electron chi connectivity index (χ1n) is 10.9. The normalized spacial score (nSPS) is 18.4. The average molecular weight is 406 g/mol. The van der Waals surface area contributed by atoms with Gasteiger partial charge in [-0.15, -0.1) is 0 Å². The second-order valence-corrected chi connectivity index (χ2v) is 8.07. The van der Waals surface area contributed by atoms with E-state index in [0.29, 0.717) is 6.54 Å². The fourth-order valence-corrected chi connectivity index (χ4v) is 3.87. The van der Waals surface area contributed by atoms with Crippen molar-refractivity contribution < 1.29 is 14.6 Å². The predicted molar refractivity (Wildman–Crippen MR) is 118 cm³/mol. The highest BCUT2D eigenvalue weighted by molar-refractivity contribution is 5.79. The van der Waals surface area contributed by atoms with E-state index in [1.54, 1.807) is 7.11 Å². The summed E-state index contributed by atoms with van der Waals surface area (Å²) in [6, 6.07) is 10.1. The molecule has 1 aromatic carbocycles. The van der Waals surface area contributed by atoms with Gasteiger partial charge < -0.3 is 25.2 Å². The molecule has 6 nitrogen and oxygen atoms in total. The number of aliphatic hydroxyl groups is 1. The van der Waals surface area contributed by atoms with Crippen LogP contribution in [0, 0.1) is 5.41 Å². The summed E-state index contributed by atoms with van der Waals surface area (Å²) in [5.74, 6) is 0.756. The van der Waals surface area contributed by atoms with Crippen molar-refractivity contribution >= 4 is 5.96 Å². The highest BCUT2D eigenvalue weighted by Gasteiger charge is 2.33. The molecule has 0 aliphatic heterocycles. The van der Waals surface area contributed by atoms with E-state index in [1.165, 1.54) is 25.7 Å². The van der Waals surface area contributed by atoms with E-state index in [2.05, 4.69) is 17.6 Å². The lowest BCUT2D eigenvalue weighted by Gasteiger charge is -2.27. The van der Waals surface area contributed by atoms with E-state index in [0.717, 1.165) is 37.6 Å². The summed E-state index contributed by atoms with van der Waals surface area (Å²) in [6.45, 7) is 7.10. The molecule has 29 heavy (non-hydrogen) atoms. The zero-order valence-corrected chi connectivity index (χ0v) is 18.3. The Morgan fingerprint density at radius 2 is 1.93 bits per heavy atom. The van der Waals surface area contributed by atoms with E-state index in [9.17, 15) is 5.11 Å². The van der Waals surface area contributed by atoms with Crippen LogP contribution in [0.5, 0.6) is 0 Å². The summed E-state index contributed by atoms with van der Waals surface area (Å²) >= 11 is 0. The molecule has 0 aromatic heterocycles. The fourth-order valence-electron chi connectivity index (χ4n) is 3.87. The zero-order valence-electron chi connectivity index (χ0n) is 18.3. The van der Waals surface area contributed by atoms with Gasteiger partial charge in [0.2, 0.25) is 0 Å². The maximum atomic E-state index is 10.3. The Bertz CT molecular complexity index is 588. The maximum absolute atomic E-state index is 10.3. The molecule has 0 radical (unpaired) electrons. The summed E-state index contributed by atoms with van der Waals surface area (Å²) in [5, 5.41) is 16.9. The fraction of sp³-hybridized carbons (Fsp3) is 0.696. The van der Waals surface area contributed by atoms with Crippen LogP contribution in [-0.2, 0) is 9.47 Å². The van der Waals surface area contributed by atoms with Gasteiger partial charge in [0.25, 0.3) is 0 Å². The third-order valence-electron chi connectivity index (χ3n) is 5.73. The number of nitrogens with zero attached hydrogens (tertiary/aromatic N) is 1. The van der Waals surface area contributed by atoms with Gasteiger partial charge in [0.1, 0.15) is 0 Å². The number of aliphatic imine (C=N–C) groups is 1. The number of hydrogen-bond acceptors (Lipinski definition) is 4. The molecule has 0 amide bonds. The van der Waals surface area contributed by atoms with Crippen LogP contribution in [0.4, 0.5) is 0 Å². The van der Waals surface area contributed by atoms with Crippen molar-refractivity contribution in [2.75, 3.05) is 40.0 Å². The van der Waals surface area contributed by atoms with Gasteiger partial charge in [-0.1, -0.05) is 43.2 Å². The van der Waals surface area contributed by atoms with E-state index < -0.39 is 6.10 Å². The third-order valence-corrected chi connectivity index (χ3v) is 5.73. The molecule has 164 valence electrons. The van der Waals surface area contributed by atoms with Crippen molar-refractivity contribution in [3.8, 4) is 0 Å². The number of benzene rings is 1. The molecule has 1 aromatic rings. The molecule has 2 unspecified atom stereocenters. The van der Waals surface area contributed by atoms with Crippen LogP contribution in [0.2, 0.25) is 0 Å². The number of rotatable bonds is 12. The monoisotopic (exact) mass is 405 g/mol. The lowest BCUT2D eigenvalue weighted by molar-refractivity contribution is -0.000604. The van der Waals surface area contributed by atoms with Crippen LogP contribution in [0.3, 0.4) is 0 Å². The summed E-state index contributed by atoms with van der Waals surface area (Å²) in [6.07, 6.45) is 5.40. The van der Waals surface area contributed by atoms with Gasteiger partial charge in [-0.3, -0.25) is 4.99 Å². The van der Waals surface area contributed by atoms with Crippen molar-refractivity contribution in [2.24, 2.45) is 10.4 Å². The molecule has 3 N–H and O–H groups in total. The first kappa shape index (κ1) is 23.6. The van der Waals surface area contributed by atoms with E-state index in [4.69, 9.17) is 14.5 Å². The van der Waals surface area contributed by atoms with E-state index in [1.807, 2.05) is 37.3 Å². The van der Waals surface area contributed by atoms with Gasteiger partial charge in [-0.25, -0.2) is 0 Å². The van der Waals surface area contributed by atoms with E-state index >= 15 is 0 Å². The zero-order chi connectivity index (χ0) is 21.0. The minimum Gasteiger partial charge on any atom is -0.389 e. The SMILES string of the molecule is CCNC(=NCC1(CCOC)CCCC1)NCC(O)COC(C)c1ccccc1. The third kappa shape index (κ3) is 8.33. The summed E-state index contributed by atoms with van der Waals surface area (Å²) in [4.78, 5) is 4.82. The van der Waals surface area contributed by atoms with Crippen LogP contribution in [-0.4, -0.2) is 57.1 Å². The molecule has 2 rings (SSSR count). The molecule has 1 saturated carbocycles.